The minimum absolute atomic E-state index is 0.0176. The highest BCUT2D eigenvalue weighted by Gasteiger charge is 2.40. The number of rotatable bonds is 6. The molecule has 0 saturated carbocycles. The fourth-order valence-corrected chi connectivity index (χ4v) is 5.56. The highest BCUT2D eigenvalue weighted by molar-refractivity contribution is 7.89. The van der Waals surface area contributed by atoms with Crippen LogP contribution in [0.4, 0.5) is 0 Å². The monoisotopic (exact) mass is 417 g/mol. The van der Waals surface area contributed by atoms with Crippen molar-refractivity contribution in [1.82, 2.24) is 23.4 Å². The third-order valence-corrected chi connectivity index (χ3v) is 7.14. The second-order valence-corrected chi connectivity index (χ2v) is 8.82. The minimum atomic E-state index is -3.83. The van der Waals surface area contributed by atoms with E-state index in [1.54, 1.807) is 43.1 Å². The van der Waals surface area contributed by atoms with Gasteiger partial charge >= 0.3 is 0 Å². The van der Waals surface area contributed by atoms with Crippen LogP contribution >= 0.6 is 0 Å². The van der Waals surface area contributed by atoms with Crippen molar-refractivity contribution in [2.45, 2.75) is 30.6 Å². The van der Waals surface area contributed by atoms with Gasteiger partial charge in [-0.1, -0.05) is 12.1 Å². The van der Waals surface area contributed by atoms with E-state index >= 15 is 0 Å². The van der Waals surface area contributed by atoms with Crippen LogP contribution < -0.4 is 5.56 Å². The van der Waals surface area contributed by atoms with Gasteiger partial charge in [-0.25, -0.2) is 18.4 Å². The maximum absolute atomic E-state index is 13.3. The first-order chi connectivity index (χ1) is 13.9. The van der Waals surface area contributed by atoms with Gasteiger partial charge in [0.1, 0.15) is 5.82 Å². The predicted octanol–water partition coefficient (Wildman–Crippen LogP) is 1.30. The van der Waals surface area contributed by atoms with Gasteiger partial charge < -0.3 is 9.30 Å². The van der Waals surface area contributed by atoms with Gasteiger partial charge in [-0.3, -0.25) is 9.36 Å². The third-order valence-electron chi connectivity index (χ3n) is 5.23. The summed E-state index contributed by atoms with van der Waals surface area (Å²) in [6, 6.07) is 6.57. The van der Waals surface area contributed by atoms with E-state index in [1.165, 1.54) is 15.1 Å². The quantitative estimate of drug-likeness (QED) is 0.600. The van der Waals surface area contributed by atoms with E-state index in [0.29, 0.717) is 49.3 Å². The molecule has 1 aliphatic rings. The lowest BCUT2D eigenvalue weighted by atomic mass is 10.2. The van der Waals surface area contributed by atoms with Crippen LogP contribution in [0.25, 0.3) is 10.9 Å². The molecule has 9 nitrogen and oxygen atoms in total. The van der Waals surface area contributed by atoms with E-state index in [0.717, 1.165) is 0 Å². The van der Waals surface area contributed by atoms with E-state index in [1.807, 2.05) is 6.07 Å². The molecule has 1 fully saturated rings. The maximum atomic E-state index is 13.3. The molecule has 1 saturated heterocycles. The number of hydrogen-bond donors (Lipinski definition) is 0. The zero-order chi connectivity index (χ0) is 20.6. The summed E-state index contributed by atoms with van der Waals surface area (Å²) in [6.45, 7) is 0.980. The summed E-state index contributed by atoms with van der Waals surface area (Å²) in [5, 5.41) is 0.486. The molecule has 29 heavy (non-hydrogen) atoms. The average molecular weight is 417 g/mol. The largest absolute Gasteiger partial charge is 0.383 e. The van der Waals surface area contributed by atoms with Crippen LogP contribution in [0, 0.1) is 0 Å². The number of methoxy groups -OCH3 is 1. The molecule has 0 spiro atoms. The summed E-state index contributed by atoms with van der Waals surface area (Å²) < 4.78 is 36.2. The van der Waals surface area contributed by atoms with Gasteiger partial charge in [0.25, 0.3) is 15.6 Å². The average Bonchev–Trinajstić information content (AvgIpc) is 3.37. The normalized spacial score (nSPS) is 17.9. The molecule has 1 unspecified atom stereocenters. The zero-order valence-corrected chi connectivity index (χ0v) is 17.2. The van der Waals surface area contributed by atoms with Crippen LogP contribution in [0.2, 0.25) is 0 Å². The van der Waals surface area contributed by atoms with Gasteiger partial charge in [0.2, 0.25) is 5.16 Å². The van der Waals surface area contributed by atoms with Crippen LogP contribution in [-0.4, -0.2) is 52.1 Å². The van der Waals surface area contributed by atoms with Crippen LogP contribution in [0.15, 0.2) is 46.6 Å². The Bertz CT molecular complexity index is 1200. The Kier molecular flexibility index (Phi) is 5.24. The molecule has 0 bridgehead atoms. The Morgan fingerprint density at radius 1 is 1.28 bits per heavy atom. The second-order valence-electron chi connectivity index (χ2n) is 7.03. The van der Waals surface area contributed by atoms with Crippen LogP contribution in [0.3, 0.4) is 0 Å². The predicted molar refractivity (Wildman–Crippen MR) is 107 cm³/mol. The summed E-state index contributed by atoms with van der Waals surface area (Å²) in [7, 11) is -0.620. The van der Waals surface area contributed by atoms with Crippen LogP contribution in [0.5, 0.6) is 0 Å². The molecule has 1 aromatic carbocycles. The van der Waals surface area contributed by atoms with Gasteiger partial charge in [0, 0.05) is 33.1 Å². The number of aryl methyl sites for hydroxylation is 1. The molecular formula is C19H23N5O4S. The Labute approximate surface area is 168 Å². The molecule has 1 atom stereocenters. The molecule has 0 radical (unpaired) electrons. The van der Waals surface area contributed by atoms with Gasteiger partial charge in [-0.05, 0) is 25.0 Å². The molecule has 2 aromatic heterocycles. The highest BCUT2D eigenvalue weighted by Crippen LogP contribution is 2.35. The lowest BCUT2D eigenvalue weighted by Gasteiger charge is -2.25. The lowest BCUT2D eigenvalue weighted by molar-refractivity contribution is 0.183. The van der Waals surface area contributed by atoms with Crippen molar-refractivity contribution >= 4 is 20.9 Å². The summed E-state index contributed by atoms with van der Waals surface area (Å²) in [4.78, 5) is 21.9. The van der Waals surface area contributed by atoms with Crippen molar-refractivity contribution in [3.05, 3.63) is 52.8 Å². The van der Waals surface area contributed by atoms with E-state index in [4.69, 9.17) is 9.72 Å². The highest BCUT2D eigenvalue weighted by atomic mass is 32.2. The van der Waals surface area contributed by atoms with Gasteiger partial charge in [0.15, 0.2) is 0 Å². The molecule has 10 heteroatoms. The third kappa shape index (κ3) is 3.37. The molecule has 0 aliphatic carbocycles. The lowest BCUT2D eigenvalue weighted by Crippen LogP contribution is -2.37. The Balaban J connectivity index is 1.86. The molecule has 0 amide bonds. The Hall–Kier alpha value is -2.56. The molecule has 4 rings (SSSR count). The molecule has 1 aliphatic heterocycles. The summed E-state index contributed by atoms with van der Waals surface area (Å²) >= 11 is 0. The summed E-state index contributed by atoms with van der Waals surface area (Å²) in [5.74, 6) is 0.445. The molecule has 154 valence electrons. The van der Waals surface area contributed by atoms with Gasteiger partial charge in [0.05, 0.1) is 30.1 Å². The summed E-state index contributed by atoms with van der Waals surface area (Å²) in [6.07, 6.45) is 4.32. The molecule has 3 aromatic rings. The van der Waals surface area contributed by atoms with Crippen molar-refractivity contribution in [3.8, 4) is 0 Å². The first-order valence-corrected chi connectivity index (χ1v) is 10.9. The van der Waals surface area contributed by atoms with Gasteiger partial charge in [-0.2, -0.15) is 4.31 Å². The topological polar surface area (TPSA) is 99.3 Å². The molecular weight excluding hydrogens is 394 g/mol. The molecule has 0 N–H and O–H groups in total. The number of sulfonamides is 1. The van der Waals surface area contributed by atoms with Crippen molar-refractivity contribution in [1.29, 1.82) is 0 Å². The SMILES string of the molecule is COCCn1c(C2CCCN2S(=O)(=O)c2nccn2C)nc2ccccc2c1=O. The summed E-state index contributed by atoms with van der Waals surface area (Å²) in [5.41, 5.74) is 0.367. The van der Waals surface area contributed by atoms with Crippen molar-refractivity contribution in [2.24, 2.45) is 7.05 Å². The number of fused-ring (bicyclic) bond motifs is 1. The van der Waals surface area contributed by atoms with Crippen LogP contribution in [-0.2, 0) is 28.4 Å². The van der Waals surface area contributed by atoms with Crippen molar-refractivity contribution in [2.75, 3.05) is 20.3 Å². The van der Waals surface area contributed by atoms with E-state index in [-0.39, 0.29) is 10.7 Å². The Morgan fingerprint density at radius 2 is 2.07 bits per heavy atom. The number of nitrogens with zero attached hydrogens (tertiary/aromatic N) is 5. The van der Waals surface area contributed by atoms with Crippen molar-refractivity contribution < 1.29 is 13.2 Å². The Morgan fingerprint density at radius 3 is 2.79 bits per heavy atom. The van der Waals surface area contributed by atoms with E-state index in [2.05, 4.69) is 4.98 Å². The number of para-hydroxylation sites is 1. The second kappa shape index (κ2) is 7.69. The smallest absolute Gasteiger partial charge is 0.277 e. The number of aromatic nitrogens is 4. The maximum Gasteiger partial charge on any atom is 0.277 e. The number of imidazole rings is 1. The fourth-order valence-electron chi connectivity index (χ4n) is 3.83. The fraction of sp³-hybridized carbons (Fsp3) is 0.421. The van der Waals surface area contributed by atoms with Crippen LogP contribution in [0.1, 0.15) is 24.7 Å². The number of benzene rings is 1. The van der Waals surface area contributed by atoms with Gasteiger partial charge in [-0.15, -0.1) is 0 Å². The minimum Gasteiger partial charge on any atom is -0.383 e. The zero-order valence-electron chi connectivity index (χ0n) is 16.4. The first kappa shape index (κ1) is 19.7. The van der Waals surface area contributed by atoms with E-state index < -0.39 is 16.1 Å². The number of hydrogen-bond acceptors (Lipinski definition) is 6. The van der Waals surface area contributed by atoms with E-state index in [9.17, 15) is 13.2 Å². The molecule has 3 heterocycles. The standard InChI is InChI=1S/C19H23N5O4S/c1-22-11-9-20-19(22)29(26,27)24-10-5-8-16(24)17-21-15-7-4-3-6-14(15)18(25)23(17)12-13-28-2/h3-4,6-7,9,11,16H,5,8,10,12-13H2,1-2H3. The number of ether oxygens (including phenoxy) is 1. The van der Waals surface area contributed by atoms with Crippen molar-refractivity contribution in [3.63, 3.8) is 0 Å². The first-order valence-electron chi connectivity index (χ1n) is 9.42.